The van der Waals surface area contributed by atoms with Crippen molar-refractivity contribution in [2.75, 3.05) is 5.43 Å². The average Bonchev–Trinajstić information content (AvgIpc) is 2.92. The lowest BCUT2D eigenvalue weighted by molar-refractivity contribution is 0.808. The molecule has 1 unspecified atom stereocenters. The summed E-state index contributed by atoms with van der Waals surface area (Å²) in [6, 6.07) is 18.7. The van der Waals surface area contributed by atoms with E-state index in [1.807, 2.05) is 18.2 Å². The van der Waals surface area contributed by atoms with Crippen LogP contribution in [0.25, 0.3) is 0 Å². The van der Waals surface area contributed by atoms with Crippen LogP contribution in [0.1, 0.15) is 31.4 Å². The molecule has 3 rings (SSSR count). The summed E-state index contributed by atoms with van der Waals surface area (Å²) in [6.45, 7) is 6.49. The smallest absolute Gasteiger partial charge is 0.0688 e. The maximum Gasteiger partial charge on any atom is 0.0688 e. The van der Waals surface area contributed by atoms with Crippen molar-refractivity contribution in [1.29, 1.82) is 0 Å². The Bertz CT molecular complexity index is 798. The number of nitrogens with zero attached hydrogens (tertiary/aromatic N) is 1. The minimum Gasteiger partial charge on any atom is -0.278 e. The maximum atomic E-state index is 4.76. The van der Waals surface area contributed by atoms with Crippen LogP contribution in [0.5, 0.6) is 0 Å². The second-order valence-corrected chi connectivity index (χ2v) is 6.39. The summed E-state index contributed by atoms with van der Waals surface area (Å²) in [4.78, 5) is 0. The van der Waals surface area contributed by atoms with Crippen LogP contribution in [0.2, 0.25) is 0 Å². The summed E-state index contributed by atoms with van der Waals surface area (Å²) in [5.41, 5.74) is 10.6. The fraction of sp³-hybridized carbons (Fsp3) is 0.227. The van der Waals surface area contributed by atoms with Gasteiger partial charge >= 0.3 is 0 Å². The lowest BCUT2D eigenvalue weighted by Gasteiger charge is -2.14. The number of benzene rings is 2. The Morgan fingerprint density at radius 1 is 0.958 bits per heavy atom. The standard InChI is InChI=1S/C22H24N2/c1-16-13-14-20(18(16)3)15-22(19-10-5-4-6-11-19)24-23-21-12-8-7-9-17(21)2/h4-14,20,23H,15H2,1-3H3. The number of allylic oxidation sites excluding steroid dienone is 4. The van der Waals surface area contributed by atoms with Crippen molar-refractivity contribution in [3.8, 4) is 0 Å². The van der Waals surface area contributed by atoms with Gasteiger partial charge in [0.15, 0.2) is 0 Å². The van der Waals surface area contributed by atoms with Crippen molar-refractivity contribution in [3.63, 3.8) is 0 Å². The van der Waals surface area contributed by atoms with E-state index in [2.05, 4.69) is 74.7 Å². The molecule has 2 nitrogen and oxygen atoms in total. The predicted molar refractivity (Wildman–Crippen MR) is 103 cm³/mol. The third-order valence-electron chi connectivity index (χ3n) is 4.73. The van der Waals surface area contributed by atoms with Gasteiger partial charge in [0.25, 0.3) is 0 Å². The van der Waals surface area contributed by atoms with E-state index in [0.717, 1.165) is 17.8 Å². The van der Waals surface area contributed by atoms with Crippen molar-refractivity contribution < 1.29 is 0 Å². The molecule has 0 bridgehead atoms. The highest BCUT2D eigenvalue weighted by Gasteiger charge is 2.18. The summed E-state index contributed by atoms with van der Waals surface area (Å²) in [6.07, 6.45) is 5.41. The average molecular weight is 316 g/mol. The largest absolute Gasteiger partial charge is 0.278 e. The van der Waals surface area contributed by atoms with Crippen LogP contribution < -0.4 is 5.43 Å². The Morgan fingerprint density at radius 2 is 1.67 bits per heavy atom. The van der Waals surface area contributed by atoms with Gasteiger partial charge in [0.05, 0.1) is 11.4 Å². The van der Waals surface area contributed by atoms with Crippen molar-refractivity contribution >= 4 is 11.4 Å². The van der Waals surface area contributed by atoms with E-state index in [0.29, 0.717) is 5.92 Å². The number of hydrazone groups is 1. The van der Waals surface area contributed by atoms with Gasteiger partial charge < -0.3 is 0 Å². The van der Waals surface area contributed by atoms with Gasteiger partial charge in [-0.1, -0.05) is 71.8 Å². The predicted octanol–water partition coefficient (Wildman–Crippen LogP) is 5.72. The number of aryl methyl sites for hydroxylation is 1. The molecule has 1 atom stereocenters. The van der Waals surface area contributed by atoms with Gasteiger partial charge in [-0.2, -0.15) is 5.10 Å². The van der Waals surface area contributed by atoms with Crippen LogP contribution in [-0.2, 0) is 0 Å². The zero-order chi connectivity index (χ0) is 16.9. The highest BCUT2D eigenvalue weighted by Crippen LogP contribution is 2.29. The van der Waals surface area contributed by atoms with Gasteiger partial charge in [-0.25, -0.2) is 0 Å². The molecule has 2 aromatic carbocycles. The molecule has 0 aromatic heterocycles. The van der Waals surface area contributed by atoms with Gasteiger partial charge in [0.1, 0.15) is 0 Å². The summed E-state index contributed by atoms with van der Waals surface area (Å²) < 4.78 is 0. The van der Waals surface area contributed by atoms with Crippen LogP contribution in [0.3, 0.4) is 0 Å². The third-order valence-corrected chi connectivity index (χ3v) is 4.73. The quantitative estimate of drug-likeness (QED) is 0.553. The molecule has 122 valence electrons. The molecule has 0 saturated carbocycles. The number of hydrogen-bond donors (Lipinski definition) is 1. The van der Waals surface area contributed by atoms with Crippen LogP contribution in [-0.4, -0.2) is 5.71 Å². The molecule has 0 amide bonds. The molecule has 0 fully saturated rings. The number of para-hydroxylation sites is 1. The van der Waals surface area contributed by atoms with Crippen LogP contribution in [0.15, 0.2) is 83.0 Å². The zero-order valence-electron chi connectivity index (χ0n) is 14.6. The first-order valence-electron chi connectivity index (χ1n) is 8.44. The molecule has 2 heteroatoms. The fourth-order valence-corrected chi connectivity index (χ4v) is 2.94. The summed E-state index contributed by atoms with van der Waals surface area (Å²) in [5, 5.41) is 4.76. The second kappa shape index (κ2) is 7.31. The SMILES string of the molecule is CC1=C(C)C(CC(=NNc2ccccc2C)c2ccccc2)C=C1. The van der Waals surface area contributed by atoms with Crippen molar-refractivity contribution in [3.05, 3.63) is 89.0 Å². The second-order valence-electron chi connectivity index (χ2n) is 6.39. The third kappa shape index (κ3) is 3.65. The van der Waals surface area contributed by atoms with Gasteiger partial charge in [-0.15, -0.1) is 0 Å². The molecule has 0 radical (unpaired) electrons. The van der Waals surface area contributed by atoms with E-state index >= 15 is 0 Å². The summed E-state index contributed by atoms with van der Waals surface area (Å²) in [5.74, 6) is 0.433. The molecule has 0 aliphatic heterocycles. The Morgan fingerprint density at radius 3 is 2.33 bits per heavy atom. The first kappa shape index (κ1) is 16.3. The monoisotopic (exact) mass is 316 g/mol. The Hall–Kier alpha value is -2.61. The topological polar surface area (TPSA) is 24.4 Å². The van der Waals surface area contributed by atoms with Crippen LogP contribution in [0, 0.1) is 12.8 Å². The normalized spacial score (nSPS) is 17.5. The molecule has 0 spiro atoms. The maximum absolute atomic E-state index is 4.76. The summed E-state index contributed by atoms with van der Waals surface area (Å²) in [7, 11) is 0. The van der Waals surface area contributed by atoms with Gasteiger partial charge in [0.2, 0.25) is 0 Å². The molecular weight excluding hydrogens is 292 g/mol. The fourth-order valence-electron chi connectivity index (χ4n) is 2.94. The highest BCUT2D eigenvalue weighted by atomic mass is 15.3. The van der Waals surface area contributed by atoms with Crippen molar-refractivity contribution in [1.82, 2.24) is 0 Å². The van der Waals surface area contributed by atoms with E-state index in [1.165, 1.54) is 22.3 Å². The van der Waals surface area contributed by atoms with Crippen LogP contribution in [0.4, 0.5) is 5.69 Å². The van der Waals surface area contributed by atoms with Gasteiger partial charge in [-0.3, -0.25) is 5.43 Å². The van der Waals surface area contributed by atoms with E-state index in [4.69, 9.17) is 5.10 Å². The molecular formula is C22H24N2. The van der Waals surface area contributed by atoms with Crippen molar-refractivity contribution in [2.45, 2.75) is 27.2 Å². The van der Waals surface area contributed by atoms with E-state index in [9.17, 15) is 0 Å². The number of anilines is 1. The first-order chi connectivity index (χ1) is 11.6. The van der Waals surface area contributed by atoms with E-state index in [-0.39, 0.29) is 0 Å². The van der Waals surface area contributed by atoms with Crippen LogP contribution >= 0.6 is 0 Å². The minimum atomic E-state index is 0.433. The Balaban J connectivity index is 1.87. The van der Waals surface area contributed by atoms with Crippen molar-refractivity contribution in [2.24, 2.45) is 11.0 Å². The number of hydrogen-bond acceptors (Lipinski definition) is 2. The molecule has 0 heterocycles. The first-order valence-corrected chi connectivity index (χ1v) is 8.44. The molecule has 1 aliphatic rings. The van der Waals surface area contributed by atoms with E-state index in [1.54, 1.807) is 0 Å². The van der Waals surface area contributed by atoms with Gasteiger partial charge in [-0.05, 0) is 38.0 Å². The lowest BCUT2D eigenvalue weighted by Crippen LogP contribution is -2.11. The molecule has 2 aromatic rings. The lowest BCUT2D eigenvalue weighted by atomic mass is 9.93. The molecule has 24 heavy (non-hydrogen) atoms. The number of rotatable bonds is 5. The molecule has 1 aliphatic carbocycles. The van der Waals surface area contributed by atoms with E-state index < -0.39 is 0 Å². The Kier molecular flexibility index (Phi) is 4.95. The molecule has 1 N–H and O–H groups in total. The van der Waals surface area contributed by atoms with Gasteiger partial charge in [0, 0.05) is 12.3 Å². The molecule has 0 saturated heterocycles. The zero-order valence-corrected chi connectivity index (χ0v) is 14.6. The Labute approximate surface area is 144 Å². The number of nitrogens with one attached hydrogen (secondary N) is 1. The summed E-state index contributed by atoms with van der Waals surface area (Å²) >= 11 is 0. The highest BCUT2D eigenvalue weighted by molar-refractivity contribution is 6.01. The minimum absolute atomic E-state index is 0.433.